The van der Waals surface area contributed by atoms with Crippen LogP contribution >= 0.6 is 0 Å². The average Bonchev–Trinajstić information content (AvgIpc) is 3.31. The maximum atomic E-state index is 13.2. The summed E-state index contributed by atoms with van der Waals surface area (Å²) in [5.74, 6) is -1.47. The summed E-state index contributed by atoms with van der Waals surface area (Å²) in [5.41, 5.74) is 1.24. The Kier molecular flexibility index (Phi) is 5.37. The molecule has 0 spiro atoms. The van der Waals surface area contributed by atoms with Gasteiger partial charge in [-0.2, -0.15) is 18.3 Å². The zero-order valence-electron chi connectivity index (χ0n) is 17.8. The topological polar surface area (TPSA) is 76.4 Å². The van der Waals surface area contributed by atoms with E-state index in [1.54, 1.807) is 11.6 Å². The van der Waals surface area contributed by atoms with Crippen molar-refractivity contribution in [2.24, 2.45) is 5.92 Å². The van der Waals surface area contributed by atoms with Gasteiger partial charge in [-0.05, 0) is 57.0 Å². The highest BCUT2D eigenvalue weighted by Crippen LogP contribution is 2.50. The Hall–Kier alpha value is -2.39. The van der Waals surface area contributed by atoms with Gasteiger partial charge in [0, 0.05) is 30.3 Å². The highest BCUT2D eigenvalue weighted by atomic mass is 19.4. The predicted octanol–water partition coefficient (Wildman–Crippen LogP) is 3.97. The van der Waals surface area contributed by atoms with Gasteiger partial charge in [-0.25, -0.2) is 0 Å². The number of carbonyl (C=O) groups is 1. The molecular formula is C22H26F3N3O3. The van der Waals surface area contributed by atoms with E-state index in [-0.39, 0.29) is 11.7 Å². The van der Waals surface area contributed by atoms with E-state index in [2.05, 4.69) is 10.4 Å². The Balaban J connectivity index is 1.65. The van der Waals surface area contributed by atoms with Crippen LogP contribution in [0.25, 0.3) is 0 Å². The SMILES string of the molecule is Cc1cc(NC(=O)[C@@H]2[C@@H](c3cn(C(C)C)nc3C)[C@H]3O[C@@H]2C[C@@H]3O)cc(C(F)(F)F)c1. The average molecular weight is 437 g/mol. The molecule has 1 aromatic carbocycles. The van der Waals surface area contributed by atoms with Gasteiger partial charge in [0.15, 0.2) is 0 Å². The van der Waals surface area contributed by atoms with Gasteiger partial charge in [0.05, 0.1) is 35.5 Å². The number of alkyl halides is 3. The number of anilines is 1. The second-order valence-electron chi connectivity index (χ2n) is 8.81. The Morgan fingerprint density at radius 1 is 1.29 bits per heavy atom. The number of ether oxygens (including phenoxy) is 1. The molecule has 2 aliphatic rings. The van der Waals surface area contributed by atoms with Crippen LogP contribution in [0.3, 0.4) is 0 Å². The summed E-state index contributed by atoms with van der Waals surface area (Å²) in [6, 6.07) is 3.61. The minimum absolute atomic E-state index is 0.0917. The van der Waals surface area contributed by atoms with Crippen LogP contribution in [0.4, 0.5) is 18.9 Å². The first kappa shape index (κ1) is 21.8. The maximum absolute atomic E-state index is 13.2. The summed E-state index contributed by atoms with van der Waals surface area (Å²) in [6.07, 6.45) is -4.06. The largest absolute Gasteiger partial charge is 0.416 e. The van der Waals surface area contributed by atoms with E-state index in [1.165, 1.54) is 6.07 Å². The molecule has 2 N–H and O–H groups in total. The van der Waals surface area contributed by atoms with Crippen molar-refractivity contribution < 1.29 is 27.8 Å². The quantitative estimate of drug-likeness (QED) is 0.759. The fraction of sp³-hybridized carbons (Fsp3) is 0.545. The molecule has 5 atom stereocenters. The number of aryl methyl sites for hydroxylation is 2. The molecule has 31 heavy (non-hydrogen) atoms. The van der Waals surface area contributed by atoms with Gasteiger partial charge < -0.3 is 15.2 Å². The number of halogens is 3. The lowest BCUT2D eigenvalue weighted by Gasteiger charge is -2.29. The lowest BCUT2D eigenvalue weighted by Crippen LogP contribution is -2.41. The first-order valence-electron chi connectivity index (χ1n) is 10.3. The fourth-order valence-electron chi connectivity index (χ4n) is 4.75. The Morgan fingerprint density at radius 2 is 2.00 bits per heavy atom. The number of nitrogens with zero attached hydrogens (tertiary/aromatic N) is 2. The van der Waals surface area contributed by atoms with Crippen LogP contribution in [0.5, 0.6) is 0 Å². The van der Waals surface area contributed by atoms with E-state index >= 15 is 0 Å². The molecule has 4 rings (SSSR count). The number of carbonyl (C=O) groups excluding carboxylic acids is 1. The molecule has 9 heteroatoms. The van der Waals surface area contributed by atoms with Gasteiger partial charge in [-0.1, -0.05) is 0 Å². The minimum Gasteiger partial charge on any atom is -0.390 e. The number of amides is 1. The molecule has 2 saturated heterocycles. The number of fused-ring (bicyclic) bond motifs is 2. The normalized spacial score (nSPS) is 27.8. The summed E-state index contributed by atoms with van der Waals surface area (Å²) in [5, 5.41) is 17.6. The molecule has 0 saturated carbocycles. The molecule has 2 fully saturated rings. The predicted molar refractivity (Wildman–Crippen MR) is 108 cm³/mol. The van der Waals surface area contributed by atoms with Gasteiger partial charge >= 0.3 is 6.18 Å². The monoisotopic (exact) mass is 437 g/mol. The van der Waals surface area contributed by atoms with Crippen molar-refractivity contribution in [1.29, 1.82) is 0 Å². The van der Waals surface area contributed by atoms with Gasteiger partial charge in [0.2, 0.25) is 5.91 Å². The fourth-order valence-corrected chi connectivity index (χ4v) is 4.75. The molecule has 0 aliphatic carbocycles. The zero-order chi connectivity index (χ0) is 22.7. The number of hydrogen-bond donors (Lipinski definition) is 2. The number of benzene rings is 1. The second kappa shape index (κ2) is 7.63. The van der Waals surface area contributed by atoms with Crippen LogP contribution in [0.2, 0.25) is 0 Å². The van der Waals surface area contributed by atoms with Gasteiger partial charge in [-0.15, -0.1) is 0 Å². The van der Waals surface area contributed by atoms with Crippen molar-refractivity contribution >= 4 is 11.6 Å². The van der Waals surface area contributed by atoms with Crippen LogP contribution in [0, 0.1) is 19.8 Å². The van der Waals surface area contributed by atoms with Crippen molar-refractivity contribution in [1.82, 2.24) is 9.78 Å². The molecule has 0 unspecified atom stereocenters. The van der Waals surface area contributed by atoms with Crippen LogP contribution < -0.4 is 5.32 Å². The smallest absolute Gasteiger partial charge is 0.390 e. The Bertz CT molecular complexity index is 1000. The Labute approximate surface area is 178 Å². The Morgan fingerprint density at radius 3 is 2.61 bits per heavy atom. The molecule has 6 nitrogen and oxygen atoms in total. The number of aliphatic hydroxyl groups excluding tert-OH is 1. The van der Waals surface area contributed by atoms with Crippen molar-refractivity contribution in [3.63, 3.8) is 0 Å². The van der Waals surface area contributed by atoms with Crippen LogP contribution in [0.15, 0.2) is 24.4 Å². The standard InChI is InChI=1S/C22H26F3N3O3/c1-10(2)28-9-15(12(4)27-28)18-19(17-8-16(29)20(18)31-17)21(30)26-14-6-11(3)5-13(7-14)22(23,24)25/h5-7,9-10,16-20,29H,8H2,1-4H3,(H,26,30)/t16-,17+,18+,19-,20-/m0/s1. The molecule has 3 heterocycles. The second-order valence-corrected chi connectivity index (χ2v) is 8.81. The molecule has 2 aliphatic heterocycles. The number of nitrogens with one attached hydrogen (secondary N) is 1. The third-order valence-corrected chi connectivity index (χ3v) is 6.14. The highest BCUT2D eigenvalue weighted by molar-refractivity contribution is 5.94. The highest BCUT2D eigenvalue weighted by Gasteiger charge is 2.57. The van der Waals surface area contributed by atoms with E-state index in [9.17, 15) is 23.1 Å². The number of aliphatic hydroxyl groups is 1. The van der Waals surface area contributed by atoms with E-state index in [1.807, 2.05) is 27.0 Å². The van der Waals surface area contributed by atoms with Crippen LogP contribution in [-0.4, -0.2) is 39.1 Å². The lowest BCUT2D eigenvalue weighted by atomic mass is 9.74. The molecule has 2 aromatic rings. The molecular weight excluding hydrogens is 411 g/mol. The van der Waals surface area contributed by atoms with Crippen molar-refractivity contribution in [3.05, 3.63) is 46.8 Å². The summed E-state index contributed by atoms with van der Waals surface area (Å²) in [7, 11) is 0. The summed E-state index contributed by atoms with van der Waals surface area (Å²) in [6.45, 7) is 7.37. The third-order valence-electron chi connectivity index (χ3n) is 6.14. The van der Waals surface area contributed by atoms with Gasteiger partial charge in [0.1, 0.15) is 0 Å². The lowest BCUT2D eigenvalue weighted by molar-refractivity contribution is -0.137. The summed E-state index contributed by atoms with van der Waals surface area (Å²) < 4.78 is 47.3. The first-order valence-corrected chi connectivity index (χ1v) is 10.3. The van der Waals surface area contributed by atoms with E-state index in [4.69, 9.17) is 4.74 Å². The number of aromatic nitrogens is 2. The first-order chi connectivity index (χ1) is 14.5. The molecule has 1 aromatic heterocycles. The van der Waals surface area contributed by atoms with Gasteiger partial charge in [-0.3, -0.25) is 9.48 Å². The van der Waals surface area contributed by atoms with E-state index < -0.39 is 47.8 Å². The zero-order valence-corrected chi connectivity index (χ0v) is 17.8. The van der Waals surface area contributed by atoms with Crippen molar-refractivity contribution in [3.8, 4) is 0 Å². The molecule has 168 valence electrons. The number of rotatable bonds is 4. The van der Waals surface area contributed by atoms with E-state index in [0.29, 0.717) is 12.0 Å². The summed E-state index contributed by atoms with van der Waals surface area (Å²) >= 11 is 0. The van der Waals surface area contributed by atoms with E-state index in [0.717, 1.165) is 23.4 Å². The maximum Gasteiger partial charge on any atom is 0.416 e. The van der Waals surface area contributed by atoms with Crippen LogP contribution in [-0.2, 0) is 15.7 Å². The molecule has 0 radical (unpaired) electrons. The van der Waals surface area contributed by atoms with Crippen molar-refractivity contribution in [2.75, 3.05) is 5.32 Å². The van der Waals surface area contributed by atoms with Gasteiger partial charge in [0.25, 0.3) is 0 Å². The molecule has 2 bridgehead atoms. The van der Waals surface area contributed by atoms with Crippen molar-refractivity contribution in [2.45, 2.75) is 70.6 Å². The molecule has 1 amide bonds. The van der Waals surface area contributed by atoms with Crippen LogP contribution in [0.1, 0.15) is 54.6 Å². The third kappa shape index (κ3) is 3.96. The summed E-state index contributed by atoms with van der Waals surface area (Å²) in [4.78, 5) is 13.2. The minimum atomic E-state index is -4.50. The number of hydrogen-bond acceptors (Lipinski definition) is 4.